The van der Waals surface area contributed by atoms with E-state index in [9.17, 15) is 16.8 Å². The Morgan fingerprint density at radius 3 is 2.15 bits per heavy atom. The van der Waals surface area contributed by atoms with Crippen LogP contribution in [0.5, 0.6) is 0 Å². The minimum atomic E-state index is -3.41. The van der Waals surface area contributed by atoms with Crippen LogP contribution in [0.25, 0.3) is 33.2 Å². The first-order valence-corrected chi connectivity index (χ1v) is 14.4. The normalized spacial score (nSPS) is 12.7. The highest BCUT2D eigenvalue weighted by molar-refractivity contribution is 7.91. The van der Waals surface area contributed by atoms with Crippen molar-refractivity contribution < 1.29 is 16.8 Å². The van der Waals surface area contributed by atoms with Gasteiger partial charge in [0.05, 0.1) is 10.3 Å². The molecule has 0 saturated heterocycles. The molecule has 0 fully saturated rings. The van der Waals surface area contributed by atoms with Crippen LogP contribution in [0.15, 0.2) is 72.0 Å². The number of nitrogens with zero attached hydrogens (tertiary/aromatic N) is 2. The zero-order valence-electron chi connectivity index (χ0n) is 19.7. The molecule has 0 N–H and O–H groups in total. The van der Waals surface area contributed by atoms with E-state index in [4.69, 9.17) is 0 Å². The number of hydrogen-bond acceptors (Lipinski definition) is 6. The second kappa shape index (κ2) is 8.29. The smallest absolute Gasteiger partial charge is 0.193 e. The average molecular weight is 495 g/mol. The highest BCUT2D eigenvalue weighted by Gasteiger charge is 2.33. The summed E-state index contributed by atoms with van der Waals surface area (Å²) in [5, 5.41) is 0.922. The predicted molar refractivity (Wildman–Crippen MR) is 136 cm³/mol. The van der Waals surface area contributed by atoms with E-state index in [0.29, 0.717) is 11.1 Å². The molecule has 0 spiro atoms. The quantitative estimate of drug-likeness (QED) is 0.389. The SMILES string of the molecule is Cc1cc(-c2cccc(-c3cc(C(C)(C)S(C)(=O)=O)cc4cccnc34)c2)cnc1S(C)(=O)=O. The van der Waals surface area contributed by atoms with E-state index in [-0.39, 0.29) is 5.03 Å². The Bertz CT molecular complexity index is 1640. The van der Waals surface area contributed by atoms with E-state index >= 15 is 0 Å². The molecule has 8 heteroatoms. The lowest BCUT2D eigenvalue weighted by Crippen LogP contribution is -2.28. The van der Waals surface area contributed by atoms with Crippen molar-refractivity contribution in [2.75, 3.05) is 12.5 Å². The fourth-order valence-electron chi connectivity index (χ4n) is 3.95. The van der Waals surface area contributed by atoms with E-state index in [0.717, 1.165) is 39.4 Å². The van der Waals surface area contributed by atoms with Crippen LogP contribution in [0.1, 0.15) is 25.0 Å². The summed E-state index contributed by atoms with van der Waals surface area (Å²) in [5.41, 5.74) is 5.39. The van der Waals surface area contributed by atoms with Gasteiger partial charge in [-0.1, -0.05) is 24.3 Å². The maximum atomic E-state index is 12.5. The molecule has 4 rings (SSSR count). The van der Waals surface area contributed by atoms with E-state index < -0.39 is 24.4 Å². The molecule has 0 unspecified atom stereocenters. The Balaban J connectivity index is 1.92. The minimum Gasteiger partial charge on any atom is -0.256 e. The third-order valence-corrected chi connectivity index (χ3v) is 9.43. The van der Waals surface area contributed by atoms with Crippen LogP contribution in [0.2, 0.25) is 0 Å². The van der Waals surface area contributed by atoms with Gasteiger partial charge in [-0.3, -0.25) is 4.98 Å². The first kappa shape index (κ1) is 24.0. The van der Waals surface area contributed by atoms with Crippen LogP contribution in [0, 0.1) is 6.92 Å². The van der Waals surface area contributed by atoms with Gasteiger partial charge in [0, 0.05) is 41.4 Å². The molecule has 0 saturated carbocycles. The molecule has 2 aromatic heterocycles. The molecule has 0 aliphatic rings. The lowest BCUT2D eigenvalue weighted by Gasteiger charge is -2.24. The van der Waals surface area contributed by atoms with Crippen molar-refractivity contribution >= 4 is 30.6 Å². The fourth-order valence-corrected chi connectivity index (χ4v) is 5.38. The van der Waals surface area contributed by atoms with Gasteiger partial charge in [0.15, 0.2) is 24.7 Å². The van der Waals surface area contributed by atoms with Crippen molar-refractivity contribution in [1.29, 1.82) is 0 Å². The Hall–Kier alpha value is -3.10. The second-order valence-electron chi connectivity index (χ2n) is 9.08. The largest absolute Gasteiger partial charge is 0.256 e. The van der Waals surface area contributed by atoms with E-state index in [1.807, 2.05) is 54.6 Å². The summed E-state index contributed by atoms with van der Waals surface area (Å²) in [6.45, 7) is 5.14. The summed E-state index contributed by atoms with van der Waals surface area (Å²) in [6.07, 6.45) is 5.66. The van der Waals surface area contributed by atoms with Crippen LogP contribution in [0.4, 0.5) is 0 Å². The molecular weight excluding hydrogens is 468 g/mol. The van der Waals surface area contributed by atoms with Gasteiger partial charge in [-0.05, 0) is 73.4 Å². The van der Waals surface area contributed by atoms with Crippen LogP contribution in [0.3, 0.4) is 0 Å². The van der Waals surface area contributed by atoms with Gasteiger partial charge in [0.25, 0.3) is 0 Å². The third kappa shape index (κ3) is 4.35. The van der Waals surface area contributed by atoms with Gasteiger partial charge in [0.1, 0.15) is 0 Å². The predicted octanol–water partition coefficient (Wildman–Crippen LogP) is 4.96. The van der Waals surface area contributed by atoms with Gasteiger partial charge < -0.3 is 0 Å². The molecule has 2 aromatic carbocycles. The van der Waals surface area contributed by atoms with Crippen LogP contribution in [-0.4, -0.2) is 39.3 Å². The number of aryl methyl sites for hydroxylation is 1. The van der Waals surface area contributed by atoms with Gasteiger partial charge in [-0.15, -0.1) is 0 Å². The number of rotatable bonds is 5. The van der Waals surface area contributed by atoms with E-state index in [1.165, 1.54) is 6.26 Å². The molecular formula is C26H26N2O4S2. The first-order valence-electron chi connectivity index (χ1n) is 10.7. The molecule has 0 atom stereocenters. The highest BCUT2D eigenvalue weighted by atomic mass is 32.2. The number of fused-ring (bicyclic) bond motifs is 1. The summed E-state index contributed by atoms with van der Waals surface area (Å²) in [7, 11) is -6.78. The molecule has 0 aliphatic carbocycles. The van der Waals surface area contributed by atoms with Gasteiger partial charge in [0.2, 0.25) is 0 Å². The summed E-state index contributed by atoms with van der Waals surface area (Å²) in [5.74, 6) is 0. The zero-order valence-corrected chi connectivity index (χ0v) is 21.3. The van der Waals surface area contributed by atoms with Gasteiger partial charge in [-0.25, -0.2) is 21.8 Å². The summed E-state index contributed by atoms with van der Waals surface area (Å²) in [6, 6.07) is 17.1. The molecule has 4 aromatic rings. The number of pyridine rings is 2. The molecule has 0 aliphatic heterocycles. The topological polar surface area (TPSA) is 94.1 Å². The van der Waals surface area contributed by atoms with Crippen molar-refractivity contribution in [3.63, 3.8) is 0 Å². The lowest BCUT2D eigenvalue weighted by atomic mass is 9.92. The molecule has 0 radical (unpaired) electrons. The summed E-state index contributed by atoms with van der Waals surface area (Å²) < 4.78 is 47.9. The standard InChI is InChI=1S/C26H26N2O4S2/c1-17-12-21(16-28-25(17)33(4,29)30)18-8-6-9-19(13-18)23-15-22(26(2,3)34(5,31)32)14-20-10-7-11-27-24(20)23/h6-16H,1-5H3. The van der Waals surface area contributed by atoms with E-state index in [1.54, 1.807) is 33.2 Å². The maximum Gasteiger partial charge on any atom is 0.193 e. The Labute approximate surface area is 200 Å². The number of sulfone groups is 2. The lowest BCUT2D eigenvalue weighted by molar-refractivity contribution is 0.561. The molecule has 0 bridgehead atoms. The molecule has 34 heavy (non-hydrogen) atoms. The minimum absolute atomic E-state index is 0.0679. The Morgan fingerprint density at radius 2 is 1.50 bits per heavy atom. The van der Waals surface area contributed by atoms with Crippen molar-refractivity contribution in [3.05, 3.63) is 78.1 Å². The summed E-state index contributed by atoms with van der Waals surface area (Å²) >= 11 is 0. The first-order chi connectivity index (χ1) is 15.8. The monoisotopic (exact) mass is 494 g/mol. The number of aromatic nitrogens is 2. The average Bonchev–Trinajstić information content (AvgIpc) is 2.76. The Kier molecular flexibility index (Phi) is 5.86. The number of hydrogen-bond donors (Lipinski definition) is 0. The summed E-state index contributed by atoms with van der Waals surface area (Å²) in [4.78, 5) is 8.75. The van der Waals surface area contributed by atoms with Crippen LogP contribution in [-0.2, 0) is 24.4 Å². The second-order valence-corrected chi connectivity index (χ2v) is 13.6. The van der Waals surface area contributed by atoms with Crippen molar-refractivity contribution in [2.45, 2.75) is 30.5 Å². The molecule has 0 amide bonds. The highest BCUT2D eigenvalue weighted by Crippen LogP contribution is 2.37. The molecule has 6 nitrogen and oxygen atoms in total. The Morgan fingerprint density at radius 1 is 0.794 bits per heavy atom. The maximum absolute atomic E-state index is 12.5. The van der Waals surface area contributed by atoms with E-state index in [2.05, 4.69) is 9.97 Å². The van der Waals surface area contributed by atoms with Gasteiger partial charge in [-0.2, -0.15) is 0 Å². The zero-order chi connectivity index (χ0) is 24.9. The number of benzene rings is 2. The van der Waals surface area contributed by atoms with Crippen molar-refractivity contribution in [3.8, 4) is 22.3 Å². The molecule has 176 valence electrons. The van der Waals surface area contributed by atoms with Gasteiger partial charge >= 0.3 is 0 Å². The van der Waals surface area contributed by atoms with Crippen molar-refractivity contribution in [1.82, 2.24) is 9.97 Å². The fraction of sp³-hybridized carbons (Fsp3) is 0.231. The van der Waals surface area contributed by atoms with Crippen LogP contribution < -0.4 is 0 Å². The van der Waals surface area contributed by atoms with Crippen molar-refractivity contribution in [2.24, 2.45) is 0 Å². The third-order valence-electron chi connectivity index (χ3n) is 6.22. The molecule has 2 heterocycles. The van der Waals surface area contributed by atoms with Crippen LogP contribution >= 0.6 is 0 Å².